The minimum atomic E-state index is 0.325. The average Bonchev–Trinajstić information content (AvgIpc) is 3.20. The van der Waals surface area contributed by atoms with Crippen LogP contribution in [0.2, 0.25) is 0 Å². The van der Waals surface area contributed by atoms with Crippen molar-refractivity contribution >= 4 is 11.6 Å². The maximum absolute atomic E-state index is 5.68. The third kappa shape index (κ3) is 3.04. The summed E-state index contributed by atoms with van der Waals surface area (Å²) >= 11 is 5.68. The van der Waals surface area contributed by atoms with Gasteiger partial charge in [0.15, 0.2) is 0 Å². The molecule has 0 aromatic carbocycles. The molecule has 2 nitrogen and oxygen atoms in total. The van der Waals surface area contributed by atoms with Crippen molar-refractivity contribution in [2.75, 3.05) is 19.6 Å². The molecule has 0 amide bonds. The minimum absolute atomic E-state index is 0.325. The highest BCUT2D eigenvalue weighted by Gasteiger charge is 2.42. The van der Waals surface area contributed by atoms with Gasteiger partial charge in [-0.2, -0.15) is 0 Å². The van der Waals surface area contributed by atoms with E-state index < -0.39 is 0 Å². The van der Waals surface area contributed by atoms with Crippen LogP contribution in [0.15, 0.2) is 11.6 Å². The van der Waals surface area contributed by atoms with E-state index in [0.29, 0.717) is 5.54 Å². The Morgan fingerprint density at radius 3 is 2.59 bits per heavy atom. The zero-order valence-electron chi connectivity index (χ0n) is 11.1. The van der Waals surface area contributed by atoms with Gasteiger partial charge >= 0.3 is 0 Å². The van der Waals surface area contributed by atoms with Crippen LogP contribution in [-0.4, -0.2) is 36.1 Å². The van der Waals surface area contributed by atoms with Crippen molar-refractivity contribution in [3.63, 3.8) is 0 Å². The lowest BCUT2D eigenvalue weighted by Gasteiger charge is -2.47. The Labute approximate surface area is 110 Å². The van der Waals surface area contributed by atoms with Crippen molar-refractivity contribution in [3.8, 4) is 0 Å². The Hall–Kier alpha value is -0.0500. The van der Waals surface area contributed by atoms with Crippen LogP contribution in [0.3, 0.4) is 0 Å². The van der Waals surface area contributed by atoms with Crippen molar-refractivity contribution in [1.29, 1.82) is 0 Å². The normalized spacial score (nSPS) is 29.9. The summed E-state index contributed by atoms with van der Waals surface area (Å²) in [5.74, 6) is 0.929. The molecule has 0 aromatic rings. The SMILES string of the molecule is CCC1(CC)CN(C/C=C/Cl)C(C2CC2)CN1. The number of rotatable bonds is 5. The molecule has 1 atom stereocenters. The summed E-state index contributed by atoms with van der Waals surface area (Å²) in [5.41, 5.74) is 1.98. The zero-order valence-corrected chi connectivity index (χ0v) is 11.8. The lowest BCUT2D eigenvalue weighted by Crippen LogP contribution is -2.64. The Bertz CT molecular complexity index is 269. The molecule has 2 aliphatic rings. The van der Waals surface area contributed by atoms with Crippen LogP contribution in [0.1, 0.15) is 39.5 Å². The first-order valence-corrected chi connectivity index (χ1v) is 7.42. The largest absolute Gasteiger partial charge is 0.308 e. The third-order valence-electron chi connectivity index (χ3n) is 4.61. The average molecular weight is 257 g/mol. The fourth-order valence-corrected chi connectivity index (χ4v) is 3.14. The van der Waals surface area contributed by atoms with Gasteiger partial charge < -0.3 is 5.32 Å². The van der Waals surface area contributed by atoms with Gasteiger partial charge in [0.1, 0.15) is 0 Å². The van der Waals surface area contributed by atoms with Crippen LogP contribution in [0, 0.1) is 5.92 Å². The number of piperazine rings is 1. The topological polar surface area (TPSA) is 15.3 Å². The van der Waals surface area contributed by atoms with E-state index >= 15 is 0 Å². The fraction of sp³-hybridized carbons (Fsp3) is 0.857. The summed E-state index contributed by atoms with van der Waals surface area (Å²) in [6.07, 6.45) is 7.33. The van der Waals surface area contributed by atoms with Crippen LogP contribution < -0.4 is 5.32 Å². The Kier molecular flexibility index (Phi) is 4.51. The molecule has 98 valence electrons. The molecule has 0 aromatic heterocycles. The van der Waals surface area contributed by atoms with E-state index in [-0.39, 0.29) is 0 Å². The second-order valence-corrected chi connectivity index (χ2v) is 5.82. The van der Waals surface area contributed by atoms with Crippen molar-refractivity contribution in [2.24, 2.45) is 5.92 Å². The van der Waals surface area contributed by atoms with Gasteiger partial charge in [-0.1, -0.05) is 31.5 Å². The third-order valence-corrected chi connectivity index (χ3v) is 4.79. The van der Waals surface area contributed by atoms with Gasteiger partial charge in [-0.15, -0.1) is 0 Å². The predicted molar refractivity (Wildman–Crippen MR) is 74.4 cm³/mol. The van der Waals surface area contributed by atoms with Gasteiger partial charge in [0, 0.05) is 36.8 Å². The summed E-state index contributed by atoms with van der Waals surface area (Å²) in [6, 6.07) is 0.731. The molecule has 1 heterocycles. The molecule has 0 bridgehead atoms. The molecule has 2 fully saturated rings. The molecule has 1 saturated carbocycles. The van der Waals surface area contributed by atoms with E-state index in [2.05, 4.69) is 30.1 Å². The van der Waals surface area contributed by atoms with Crippen LogP contribution in [0.4, 0.5) is 0 Å². The van der Waals surface area contributed by atoms with E-state index in [1.54, 1.807) is 5.54 Å². The molecule has 2 rings (SSSR count). The minimum Gasteiger partial charge on any atom is -0.308 e. The Balaban J connectivity index is 2.03. The predicted octanol–water partition coefficient (Wildman–Crippen LogP) is 2.98. The zero-order chi connectivity index (χ0) is 12.3. The van der Waals surface area contributed by atoms with Gasteiger partial charge in [-0.05, 0) is 31.6 Å². The van der Waals surface area contributed by atoms with Crippen molar-refractivity contribution in [1.82, 2.24) is 10.2 Å². The molecule has 3 heteroatoms. The second-order valence-electron chi connectivity index (χ2n) is 5.56. The molecular formula is C14H25ClN2. The van der Waals surface area contributed by atoms with Crippen LogP contribution in [-0.2, 0) is 0 Å². The summed E-state index contributed by atoms with van der Waals surface area (Å²) in [4.78, 5) is 2.64. The quantitative estimate of drug-likeness (QED) is 0.814. The van der Waals surface area contributed by atoms with E-state index in [4.69, 9.17) is 11.6 Å². The molecule has 0 spiro atoms. The number of halogens is 1. The van der Waals surface area contributed by atoms with Crippen LogP contribution in [0.5, 0.6) is 0 Å². The lowest BCUT2D eigenvalue weighted by molar-refractivity contribution is 0.0721. The summed E-state index contributed by atoms with van der Waals surface area (Å²) in [6.45, 7) is 7.92. The number of hydrogen-bond donors (Lipinski definition) is 1. The van der Waals surface area contributed by atoms with Crippen LogP contribution in [0.25, 0.3) is 0 Å². The Morgan fingerprint density at radius 2 is 2.06 bits per heavy atom. The summed E-state index contributed by atoms with van der Waals surface area (Å²) in [5, 5.41) is 3.81. The fourth-order valence-electron chi connectivity index (χ4n) is 3.06. The lowest BCUT2D eigenvalue weighted by atomic mass is 9.87. The molecule has 1 saturated heterocycles. The highest BCUT2D eigenvalue weighted by atomic mass is 35.5. The number of hydrogen-bond acceptors (Lipinski definition) is 2. The first kappa shape index (κ1) is 13.4. The molecule has 1 unspecified atom stereocenters. The van der Waals surface area contributed by atoms with E-state index in [0.717, 1.165) is 25.0 Å². The van der Waals surface area contributed by atoms with Gasteiger partial charge in [0.25, 0.3) is 0 Å². The Morgan fingerprint density at radius 1 is 1.35 bits per heavy atom. The van der Waals surface area contributed by atoms with E-state index in [9.17, 15) is 0 Å². The second kappa shape index (κ2) is 5.73. The number of nitrogens with one attached hydrogen (secondary N) is 1. The summed E-state index contributed by atoms with van der Waals surface area (Å²) < 4.78 is 0. The van der Waals surface area contributed by atoms with Crippen LogP contribution >= 0.6 is 11.6 Å². The maximum Gasteiger partial charge on any atom is 0.0304 e. The first-order valence-electron chi connectivity index (χ1n) is 6.99. The number of nitrogens with zero attached hydrogens (tertiary/aromatic N) is 1. The molecule has 1 N–H and O–H groups in total. The van der Waals surface area contributed by atoms with Gasteiger partial charge in [0.2, 0.25) is 0 Å². The van der Waals surface area contributed by atoms with Gasteiger partial charge in [-0.25, -0.2) is 0 Å². The molecule has 0 radical (unpaired) electrons. The van der Waals surface area contributed by atoms with Gasteiger partial charge in [0.05, 0.1) is 0 Å². The smallest absolute Gasteiger partial charge is 0.0304 e. The van der Waals surface area contributed by atoms with Gasteiger partial charge in [-0.3, -0.25) is 4.90 Å². The van der Waals surface area contributed by atoms with Crippen molar-refractivity contribution in [3.05, 3.63) is 11.6 Å². The standard InChI is InChI=1S/C14H25ClN2/c1-3-14(4-2)11-17(9-5-8-15)13(10-16-14)12-6-7-12/h5,8,12-13,16H,3-4,6-7,9-11H2,1-2H3/b8-5+. The summed E-state index contributed by atoms with van der Waals surface area (Å²) in [7, 11) is 0. The highest BCUT2D eigenvalue weighted by Crippen LogP contribution is 2.38. The molecule has 17 heavy (non-hydrogen) atoms. The van der Waals surface area contributed by atoms with Crippen molar-refractivity contribution < 1.29 is 0 Å². The van der Waals surface area contributed by atoms with E-state index in [1.165, 1.54) is 32.2 Å². The molecular weight excluding hydrogens is 232 g/mol. The highest BCUT2D eigenvalue weighted by molar-refractivity contribution is 6.25. The molecule has 1 aliphatic carbocycles. The first-order chi connectivity index (χ1) is 8.24. The molecule has 1 aliphatic heterocycles. The van der Waals surface area contributed by atoms with Crippen molar-refractivity contribution in [2.45, 2.75) is 51.1 Å². The van der Waals surface area contributed by atoms with E-state index in [1.807, 2.05) is 0 Å². The maximum atomic E-state index is 5.68. The monoisotopic (exact) mass is 256 g/mol.